The second kappa shape index (κ2) is 2.87. The molecule has 3 rings (SSSR count). The van der Waals surface area contributed by atoms with Crippen molar-refractivity contribution in [2.75, 3.05) is 18.9 Å². The summed E-state index contributed by atoms with van der Waals surface area (Å²) >= 11 is 0. The van der Waals surface area contributed by atoms with Crippen molar-refractivity contribution in [3.8, 4) is 0 Å². The fourth-order valence-electron chi connectivity index (χ4n) is 1.77. The molecule has 0 spiro atoms. The fraction of sp³-hybridized carbons (Fsp3) is 0.300. The molecule has 1 saturated heterocycles. The van der Waals surface area contributed by atoms with Gasteiger partial charge in [-0.15, -0.1) is 0 Å². The first-order valence-corrected chi connectivity index (χ1v) is 4.74. The molecule has 0 aliphatic carbocycles. The Morgan fingerprint density at radius 1 is 1.40 bits per heavy atom. The van der Waals surface area contributed by atoms with Crippen LogP contribution in [0.5, 0.6) is 0 Å². The molecule has 1 aliphatic rings. The molecule has 1 aromatic heterocycles. The number of benzene rings is 1. The van der Waals surface area contributed by atoms with Crippen molar-refractivity contribution in [2.45, 2.75) is 6.04 Å². The van der Waals surface area contributed by atoms with Crippen molar-refractivity contribution >= 4 is 16.8 Å². The first-order valence-electron chi connectivity index (χ1n) is 4.74. The van der Waals surface area contributed by atoms with Gasteiger partial charge in [-0.05, 0) is 18.2 Å². The van der Waals surface area contributed by atoms with Crippen LogP contribution in [0.1, 0.15) is 6.04 Å². The number of aromatic nitrogens is 1. The summed E-state index contributed by atoms with van der Waals surface area (Å²) < 4.78 is 11.8. The molecule has 2 heterocycles. The molecule has 2 N–H and O–H groups in total. The van der Waals surface area contributed by atoms with E-state index < -0.39 is 0 Å². The highest BCUT2D eigenvalue weighted by atomic mass is 16.5. The molecular formula is C10H10N2O3. The maximum absolute atomic E-state index is 11.6. The Labute approximate surface area is 85.0 Å². The van der Waals surface area contributed by atoms with Gasteiger partial charge < -0.3 is 14.9 Å². The van der Waals surface area contributed by atoms with Gasteiger partial charge in [0.25, 0.3) is 0 Å². The van der Waals surface area contributed by atoms with Crippen molar-refractivity contribution in [3.63, 3.8) is 0 Å². The number of nitrogen functional groups attached to an aromatic ring is 1. The molecule has 78 valence electrons. The van der Waals surface area contributed by atoms with Gasteiger partial charge in [-0.1, -0.05) is 0 Å². The van der Waals surface area contributed by atoms with Gasteiger partial charge >= 0.3 is 5.76 Å². The number of fused-ring (bicyclic) bond motifs is 1. The van der Waals surface area contributed by atoms with E-state index in [2.05, 4.69) is 0 Å². The van der Waals surface area contributed by atoms with Gasteiger partial charge in [-0.25, -0.2) is 4.79 Å². The number of ether oxygens (including phenoxy) is 1. The average molecular weight is 206 g/mol. The van der Waals surface area contributed by atoms with Crippen LogP contribution in [0, 0.1) is 0 Å². The minimum atomic E-state index is -0.344. The first kappa shape index (κ1) is 8.55. The minimum absolute atomic E-state index is 0.0838. The second-order valence-corrected chi connectivity index (χ2v) is 3.66. The highest BCUT2D eigenvalue weighted by Crippen LogP contribution is 2.23. The van der Waals surface area contributed by atoms with Crippen LogP contribution >= 0.6 is 0 Å². The third-order valence-corrected chi connectivity index (χ3v) is 2.62. The topological polar surface area (TPSA) is 70.4 Å². The Kier molecular flexibility index (Phi) is 1.63. The van der Waals surface area contributed by atoms with Gasteiger partial charge in [-0.3, -0.25) is 4.57 Å². The monoisotopic (exact) mass is 206 g/mol. The van der Waals surface area contributed by atoms with Crippen molar-refractivity contribution in [1.82, 2.24) is 4.57 Å². The summed E-state index contributed by atoms with van der Waals surface area (Å²) in [5.41, 5.74) is 7.61. The summed E-state index contributed by atoms with van der Waals surface area (Å²) in [5.74, 6) is -0.344. The lowest BCUT2D eigenvalue weighted by atomic mass is 10.2. The van der Waals surface area contributed by atoms with Gasteiger partial charge in [0.15, 0.2) is 5.58 Å². The van der Waals surface area contributed by atoms with E-state index >= 15 is 0 Å². The van der Waals surface area contributed by atoms with E-state index in [-0.39, 0.29) is 11.8 Å². The predicted octanol–water partition coefficient (Wildman–Crippen LogP) is 0.748. The lowest BCUT2D eigenvalue weighted by Crippen LogP contribution is -2.35. The Morgan fingerprint density at radius 2 is 2.20 bits per heavy atom. The summed E-state index contributed by atoms with van der Waals surface area (Å²) in [7, 11) is 0. The lowest BCUT2D eigenvalue weighted by Gasteiger charge is -2.26. The van der Waals surface area contributed by atoms with E-state index in [9.17, 15) is 4.79 Å². The summed E-state index contributed by atoms with van der Waals surface area (Å²) in [6.07, 6.45) is 0. The Bertz CT molecular complexity index is 566. The quantitative estimate of drug-likeness (QED) is 0.699. The normalized spacial score (nSPS) is 16.8. The van der Waals surface area contributed by atoms with E-state index in [4.69, 9.17) is 14.9 Å². The number of hydrogen-bond acceptors (Lipinski definition) is 4. The zero-order valence-electron chi connectivity index (χ0n) is 7.97. The van der Waals surface area contributed by atoms with Crippen LogP contribution in [0.3, 0.4) is 0 Å². The van der Waals surface area contributed by atoms with E-state index in [0.29, 0.717) is 24.5 Å². The highest BCUT2D eigenvalue weighted by molar-refractivity contribution is 5.77. The number of oxazole rings is 1. The molecule has 1 fully saturated rings. The Morgan fingerprint density at radius 3 is 2.87 bits per heavy atom. The maximum Gasteiger partial charge on any atom is 0.420 e. The van der Waals surface area contributed by atoms with Crippen molar-refractivity contribution in [3.05, 3.63) is 28.7 Å². The maximum atomic E-state index is 11.6. The molecule has 5 heteroatoms. The summed E-state index contributed by atoms with van der Waals surface area (Å²) in [6.45, 7) is 1.12. The molecule has 1 aliphatic heterocycles. The van der Waals surface area contributed by atoms with Crippen LogP contribution in [0.15, 0.2) is 27.4 Å². The molecule has 0 unspecified atom stereocenters. The molecule has 0 bridgehead atoms. The highest BCUT2D eigenvalue weighted by Gasteiger charge is 2.25. The van der Waals surface area contributed by atoms with Crippen LogP contribution in [-0.2, 0) is 4.74 Å². The summed E-state index contributed by atoms with van der Waals surface area (Å²) in [4.78, 5) is 11.6. The number of rotatable bonds is 1. The minimum Gasteiger partial charge on any atom is -0.408 e. The predicted molar refractivity (Wildman–Crippen MR) is 54.7 cm³/mol. The zero-order valence-corrected chi connectivity index (χ0v) is 7.97. The van der Waals surface area contributed by atoms with Crippen LogP contribution < -0.4 is 11.5 Å². The number of nitrogens with two attached hydrogens (primary N) is 1. The molecule has 1 aromatic carbocycles. The summed E-state index contributed by atoms with van der Waals surface area (Å²) in [5, 5.41) is 0. The largest absolute Gasteiger partial charge is 0.420 e. The van der Waals surface area contributed by atoms with E-state index in [1.54, 1.807) is 22.8 Å². The molecular weight excluding hydrogens is 196 g/mol. The smallest absolute Gasteiger partial charge is 0.408 e. The Hall–Kier alpha value is -1.75. The SMILES string of the molecule is Nc1ccc2oc(=O)n(C3COC3)c2c1. The molecule has 0 saturated carbocycles. The van der Waals surface area contributed by atoms with Gasteiger partial charge in [0.2, 0.25) is 0 Å². The van der Waals surface area contributed by atoms with E-state index in [1.165, 1.54) is 0 Å². The fourth-order valence-corrected chi connectivity index (χ4v) is 1.77. The number of anilines is 1. The van der Waals surface area contributed by atoms with Crippen LogP contribution in [0.2, 0.25) is 0 Å². The lowest BCUT2D eigenvalue weighted by molar-refractivity contribution is -0.0242. The third kappa shape index (κ3) is 1.16. The van der Waals surface area contributed by atoms with Crippen molar-refractivity contribution < 1.29 is 9.15 Å². The third-order valence-electron chi connectivity index (χ3n) is 2.62. The molecule has 15 heavy (non-hydrogen) atoms. The van der Waals surface area contributed by atoms with Crippen LogP contribution in [0.25, 0.3) is 11.1 Å². The van der Waals surface area contributed by atoms with Crippen LogP contribution in [0.4, 0.5) is 5.69 Å². The van der Waals surface area contributed by atoms with Crippen molar-refractivity contribution in [1.29, 1.82) is 0 Å². The van der Waals surface area contributed by atoms with Gasteiger partial charge in [-0.2, -0.15) is 0 Å². The average Bonchev–Trinajstić information content (AvgIpc) is 2.42. The summed E-state index contributed by atoms with van der Waals surface area (Å²) in [6, 6.07) is 5.26. The Balaban J connectivity index is 2.29. The number of hydrogen-bond donors (Lipinski definition) is 1. The van der Waals surface area contributed by atoms with Gasteiger partial charge in [0, 0.05) is 5.69 Å². The zero-order chi connectivity index (χ0) is 10.4. The molecule has 0 amide bonds. The molecule has 0 radical (unpaired) electrons. The van der Waals surface area contributed by atoms with Gasteiger partial charge in [0.1, 0.15) is 0 Å². The molecule has 2 aromatic rings. The van der Waals surface area contributed by atoms with Crippen molar-refractivity contribution in [2.24, 2.45) is 0 Å². The van der Waals surface area contributed by atoms with E-state index in [1.807, 2.05) is 0 Å². The molecule has 5 nitrogen and oxygen atoms in total. The second-order valence-electron chi connectivity index (χ2n) is 3.66. The standard InChI is InChI=1S/C10H10N2O3/c11-6-1-2-9-8(3-6)12(10(13)15-9)7-4-14-5-7/h1-3,7H,4-5,11H2. The number of nitrogens with zero attached hydrogens (tertiary/aromatic N) is 1. The first-order chi connectivity index (χ1) is 7.25. The van der Waals surface area contributed by atoms with E-state index in [0.717, 1.165) is 5.52 Å². The van der Waals surface area contributed by atoms with Gasteiger partial charge in [0.05, 0.1) is 24.8 Å². The molecule has 0 atom stereocenters. The van der Waals surface area contributed by atoms with Crippen LogP contribution in [-0.4, -0.2) is 17.8 Å².